The average Bonchev–Trinajstić information content (AvgIpc) is 2.71. The van der Waals surface area contributed by atoms with Gasteiger partial charge in [0, 0.05) is 37.6 Å². The molecule has 0 radical (unpaired) electrons. The van der Waals surface area contributed by atoms with Gasteiger partial charge in [0.15, 0.2) is 0 Å². The first-order valence-corrected chi connectivity index (χ1v) is 6.99. The van der Waals surface area contributed by atoms with Crippen molar-refractivity contribution in [3.8, 4) is 0 Å². The zero-order chi connectivity index (χ0) is 15.4. The second kappa shape index (κ2) is 6.39. The third-order valence-electron chi connectivity index (χ3n) is 3.52. The van der Waals surface area contributed by atoms with E-state index in [4.69, 9.17) is 0 Å². The van der Waals surface area contributed by atoms with Gasteiger partial charge in [-0.3, -0.25) is 14.5 Å². The molecule has 0 saturated heterocycles. The van der Waals surface area contributed by atoms with Crippen molar-refractivity contribution >= 4 is 11.6 Å². The third-order valence-corrected chi connectivity index (χ3v) is 3.52. The van der Waals surface area contributed by atoms with Crippen LogP contribution in [0.25, 0.3) is 0 Å². The number of aryl methyl sites for hydroxylation is 2. The second-order valence-electron chi connectivity index (χ2n) is 4.91. The van der Waals surface area contributed by atoms with Crippen molar-refractivity contribution in [1.82, 2.24) is 20.1 Å². The Morgan fingerprint density at radius 3 is 2.76 bits per heavy atom. The number of carbonyl (C=O) groups is 1. The fourth-order valence-electron chi connectivity index (χ4n) is 2.26. The summed E-state index contributed by atoms with van der Waals surface area (Å²) < 4.78 is 1.83. The van der Waals surface area contributed by atoms with Gasteiger partial charge in [-0.05, 0) is 26.8 Å². The number of hydrogen-bond donors (Lipinski definition) is 2. The number of anilines is 1. The monoisotopic (exact) mass is 287 g/mol. The third kappa shape index (κ3) is 3.21. The van der Waals surface area contributed by atoms with Gasteiger partial charge in [0.25, 0.3) is 5.91 Å². The minimum atomic E-state index is -0.115. The molecule has 2 aromatic heterocycles. The van der Waals surface area contributed by atoms with Crippen LogP contribution in [0.5, 0.6) is 0 Å². The van der Waals surface area contributed by atoms with Gasteiger partial charge in [-0.15, -0.1) is 0 Å². The summed E-state index contributed by atoms with van der Waals surface area (Å²) in [5.74, 6) is -0.115. The molecule has 21 heavy (non-hydrogen) atoms. The molecule has 0 bridgehead atoms. The van der Waals surface area contributed by atoms with Crippen molar-refractivity contribution in [2.45, 2.75) is 27.3 Å². The Morgan fingerprint density at radius 2 is 2.14 bits per heavy atom. The molecular weight excluding hydrogens is 266 g/mol. The van der Waals surface area contributed by atoms with E-state index in [2.05, 4.69) is 20.7 Å². The largest absolute Gasteiger partial charge is 0.383 e. The molecule has 6 heteroatoms. The Kier molecular flexibility index (Phi) is 4.57. The van der Waals surface area contributed by atoms with E-state index in [9.17, 15) is 4.79 Å². The van der Waals surface area contributed by atoms with Gasteiger partial charge in [-0.1, -0.05) is 0 Å². The highest BCUT2D eigenvalue weighted by atomic mass is 16.1. The molecular formula is C15H21N5O. The second-order valence-corrected chi connectivity index (χ2v) is 4.91. The van der Waals surface area contributed by atoms with Crippen LogP contribution < -0.4 is 10.6 Å². The molecule has 2 N–H and O–H groups in total. The Morgan fingerprint density at radius 1 is 1.38 bits per heavy atom. The van der Waals surface area contributed by atoms with E-state index >= 15 is 0 Å². The first-order valence-electron chi connectivity index (χ1n) is 6.99. The fraction of sp³-hybridized carbons (Fsp3) is 0.400. The van der Waals surface area contributed by atoms with Crippen LogP contribution in [0.3, 0.4) is 0 Å². The van der Waals surface area contributed by atoms with Gasteiger partial charge in [0.1, 0.15) is 0 Å². The topological polar surface area (TPSA) is 71.8 Å². The number of amides is 1. The maximum Gasteiger partial charge on any atom is 0.253 e. The highest BCUT2D eigenvalue weighted by molar-refractivity contribution is 5.99. The van der Waals surface area contributed by atoms with E-state index in [1.54, 1.807) is 18.5 Å². The quantitative estimate of drug-likeness (QED) is 0.879. The van der Waals surface area contributed by atoms with Crippen LogP contribution in [0.1, 0.15) is 34.2 Å². The smallest absolute Gasteiger partial charge is 0.253 e. The van der Waals surface area contributed by atoms with Crippen molar-refractivity contribution in [2.24, 2.45) is 7.05 Å². The molecule has 112 valence electrons. The van der Waals surface area contributed by atoms with Crippen LogP contribution in [0.4, 0.5) is 5.69 Å². The lowest BCUT2D eigenvalue weighted by Gasteiger charge is -2.10. The minimum Gasteiger partial charge on any atom is -0.383 e. The number of nitrogens with one attached hydrogen (secondary N) is 2. The molecule has 2 aromatic rings. The number of pyridine rings is 1. The average molecular weight is 287 g/mol. The van der Waals surface area contributed by atoms with E-state index in [-0.39, 0.29) is 5.91 Å². The molecule has 2 rings (SSSR count). The number of hydrogen-bond acceptors (Lipinski definition) is 4. The van der Waals surface area contributed by atoms with Gasteiger partial charge in [0.05, 0.1) is 23.1 Å². The summed E-state index contributed by atoms with van der Waals surface area (Å²) >= 11 is 0. The van der Waals surface area contributed by atoms with Gasteiger partial charge in [0.2, 0.25) is 0 Å². The van der Waals surface area contributed by atoms with Crippen LogP contribution in [0.2, 0.25) is 0 Å². The van der Waals surface area contributed by atoms with Crippen LogP contribution in [-0.4, -0.2) is 27.2 Å². The van der Waals surface area contributed by atoms with Gasteiger partial charge >= 0.3 is 0 Å². The van der Waals surface area contributed by atoms with E-state index in [1.165, 1.54) is 0 Å². The maximum absolute atomic E-state index is 12.3. The van der Waals surface area contributed by atoms with E-state index in [0.717, 1.165) is 29.2 Å². The number of nitrogens with zero attached hydrogens (tertiary/aromatic N) is 3. The maximum atomic E-state index is 12.3. The van der Waals surface area contributed by atoms with Gasteiger partial charge < -0.3 is 10.6 Å². The molecule has 0 saturated carbocycles. The molecule has 0 unspecified atom stereocenters. The highest BCUT2D eigenvalue weighted by Crippen LogP contribution is 2.15. The zero-order valence-corrected chi connectivity index (χ0v) is 12.9. The fourth-order valence-corrected chi connectivity index (χ4v) is 2.26. The Hall–Kier alpha value is -2.37. The van der Waals surface area contributed by atoms with Crippen LogP contribution >= 0.6 is 0 Å². The van der Waals surface area contributed by atoms with Gasteiger partial charge in [-0.25, -0.2) is 0 Å². The van der Waals surface area contributed by atoms with Gasteiger partial charge in [-0.2, -0.15) is 5.10 Å². The minimum absolute atomic E-state index is 0.115. The molecule has 2 heterocycles. The molecule has 0 aliphatic rings. The molecule has 0 spiro atoms. The van der Waals surface area contributed by atoms with Crippen LogP contribution in [0.15, 0.2) is 18.5 Å². The molecule has 6 nitrogen and oxygen atoms in total. The van der Waals surface area contributed by atoms with Crippen LogP contribution in [0, 0.1) is 13.8 Å². The lowest BCUT2D eigenvalue weighted by molar-refractivity contribution is 0.0951. The summed E-state index contributed by atoms with van der Waals surface area (Å²) in [6.45, 7) is 7.14. The number of carbonyl (C=O) groups excluding carboxylic acids is 1. The summed E-state index contributed by atoms with van der Waals surface area (Å²) in [5, 5.41) is 10.4. The molecule has 0 aliphatic heterocycles. The summed E-state index contributed by atoms with van der Waals surface area (Å²) in [5.41, 5.74) is 4.42. The standard InChI is InChI=1S/C15H21N5O/c1-5-17-14-9-16-7-6-12(14)15(21)18-8-13-10(2)19-20(4)11(13)3/h6-7,9,17H,5,8H2,1-4H3,(H,18,21). The summed E-state index contributed by atoms with van der Waals surface area (Å²) in [6, 6.07) is 1.72. The highest BCUT2D eigenvalue weighted by Gasteiger charge is 2.14. The molecule has 1 amide bonds. The zero-order valence-electron chi connectivity index (χ0n) is 12.9. The van der Waals surface area contributed by atoms with Crippen LogP contribution in [-0.2, 0) is 13.6 Å². The SMILES string of the molecule is CCNc1cnccc1C(=O)NCc1c(C)nn(C)c1C. The van der Waals surface area contributed by atoms with Crippen molar-refractivity contribution in [3.05, 3.63) is 41.0 Å². The summed E-state index contributed by atoms with van der Waals surface area (Å²) in [7, 11) is 1.90. The predicted molar refractivity (Wildman–Crippen MR) is 82.3 cm³/mol. The Labute approximate surface area is 124 Å². The van der Waals surface area contributed by atoms with Crippen molar-refractivity contribution in [1.29, 1.82) is 0 Å². The number of rotatable bonds is 5. The molecule has 0 fully saturated rings. The lowest BCUT2D eigenvalue weighted by atomic mass is 10.1. The molecule has 0 aromatic carbocycles. The molecule has 0 atom stereocenters. The van der Waals surface area contributed by atoms with Crippen molar-refractivity contribution in [3.63, 3.8) is 0 Å². The van der Waals surface area contributed by atoms with Crippen molar-refractivity contribution in [2.75, 3.05) is 11.9 Å². The van der Waals surface area contributed by atoms with E-state index in [1.807, 2.05) is 32.5 Å². The first kappa shape index (κ1) is 15.0. The van der Waals surface area contributed by atoms with E-state index in [0.29, 0.717) is 12.1 Å². The normalized spacial score (nSPS) is 10.5. The predicted octanol–water partition coefficient (Wildman–Crippen LogP) is 1.79. The molecule has 0 aliphatic carbocycles. The summed E-state index contributed by atoms with van der Waals surface area (Å²) in [6.07, 6.45) is 3.29. The van der Waals surface area contributed by atoms with E-state index < -0.39 is 0 Å². The Bertz CT molecular complexity index is 648. The summed E-state index contributed by atoms with van der Waals surface area (Å²) in [4.78, 5) is 16.4. The lowest BCUT2D eigenvalue weighted by Crippen LogP contribution is -2.24. The number of aromatic nitrogens is 3. The van der Waals surface area contributed by atoms with Crippen molar-refractivity contribution < 1.29 is 4.79 Å². The Balaban J connectivity index is 2.12. The first-order chi connectivity index (χ1) is 10.0.